The monoisotopic (exact) mass is 501 g/mol. The zero-order valence-corrected chi connectivity index (χ0v) is 21.5. The van der Waals surface area contributed by atoms with Crippen molar-refractivity contribution in [1.29, 1.82) is 0 Å². The van der Waals surface area contributed by atoms with E-state index in [0.717, 1.165) is 80.5 Å². The van der Waals surface area contributed by atoms with Gasteiger partial charge in [0.2, 0.25) is 21.9 Å². The Morgan fingerprint density at radius 2 is 1.74 bits per heavy atom. The van der Waals surface area contributed by atoms with Crippen LogP contribution in [0, 0.1) is 0 Å². The van der Waals surface area contributed by atoms with Crippen LogP contribution in [-0.4, -0.2) is 83.8 Å². The van der Waals surface area contributed by atoms with Gasteiger partial charge in [-0.15, -0.1) is 0 Å². The summed E-state index contributed by atoms with van der Waals surface area (Å²) in [6.45, 7) is 6.35. The molecule has 0 spiro atoms. The summed E-state index contributed by atoms with van der Waals surface area (Å²) in [5.74, 6) is 1.55. The van der Waals surface area contributed by atoms with Gasteiger partial charge >= 0.3 is 0 Å². The van der Waals surface area contributed by atoms with Gasteiger partial charge in [0, 0.05) is 63.3 Å². The van der Waals surface area contributed by atoms with E-state index in [-0.39, 0.29) is 12.1 Å². The number of hydrogen-bond donors (Lipinski definition) is 0. The Bertz CT molecular complexity index is 1120. The zero-order valence-electron chi connectivity index (χ0n) is 20.6. The number of aromatic nitrogens is 4. The van der Waals surface area contributed by atoms with Gasteiger partial charge in [0.25, 0.3) is 0 Å². The number of rotatable bonds is 7. The smallest absolute Gasteiger partial charge is 0.225 e. The van der Waals surface area contributed by atoms with E-state index in [1.807, 2.05) is 12.4 Å². The minimum Gasteiger partial charge on any atom is -0.376 e. The van der Waals surface area contributed by atoms with Crippen molar-refractivity contribution in [3.05, 3.63) is 35.4 Å². The Balaban J connectivity index is 1.14. The molecule has 5 heterocycles. The van der Waals surface area contributed by atoms with E-state index in [1.54, 1.807) is 6.20 Å². The first kappa shape index (κ1) is 24.3. The van der Waals surface area contributed by atoms with Crippen LogP contribution in [0.15, 0.2) is 18.6 Å². The molecule has 1 atom stereocenters. The highest BCUT2D eigenvalue weighted by atomic mass is 32.2. The number of ether oxygens (including phenoxy) is 1. The third-order valence-corrected chi connectivity index (χ3v) is 8.59. The number of piperidine rings is 1. The van der Waals surface area contributed by atoms with Crippen molar-refractivity contribution in [2.75, 3.05) is 48.8 Å². The molecule has 3 aliphatic heterocycles. The first-order valence-electron chi connectivity index (χ1n) is 12.6. The summed E-state index contributed by atoms with van der Waals surface area (Å²) < 4.78 is 31.6. The van der Waals surface area contributed by atoms with E-state index in [9.17, 15) is 8.42 Å². The highest BCUT2D eigenvalue weighted by Crippen LogP contribution is 2.27. The van der Waals surface area contributed by atoms with E-state index in [2.05, 4.69) is 31.7 Å². The standard InChI is InChI=1S/C24H35N7O3S/c1-3-18-13-25-23(26-14-18)29-10-6-21(7-11-29)34-17-20-5-4-9-31(20)24-27-15-19-16-30(35(2,32)33)12-8-22(19)28-24/h13-15,20-21H,3-12,16-17H2,1-2H3/t20-/m0/s1. The van der Waals surface area contributed by atoms with Gasteiger partial charge in [-0.05, 0) is 37.7 Å². The lowest BCUT2D eigenvalue weighted by atomic mass is 10.1. The first-order chi connectivity index (χ1) is 16.9. The van der Waals surface area contributed by atoms with Crippen LogP contribution >= 0.6 is 0 Å². The SMILES string of the molecule is CCc1cnc(N2CCC(OC[C@@H]3CCCN3c3ncc4c(n3)CCN(S(C)(=O)=O)C4)CC2)nc1. The summed E-state index contributed by atoms with van der Waals surface area (Å²) in [6.07, 6.45) is 12.8. The lowest BCUT2D eigenvalue weighted by molar-refractivity contribution is 0.0292. The average Bonchev–Trinajstić information content (AvgIpc) is 3.35. The van der Waals surface area contributed by atoms with E-state index in [1.165, 1.54) is 10.6 Å². The van der Waals surface area contributed by atoms with Gasteiger partial charge < -0.3 is 14.5 Å². The van der Waals surface area contributed by atoms with Gasteiger partial charge in [-0.2, -0.15) is 4.31 Å². The largest absolute Gasteiger partial charge is 0.376 e. The quantitative estimate of drug-likeness (QED) is 0.562. The van der Waals surface area contributed by atoms with Crippen LogP contribution in [0.4, 0.5) is 11.9 Å². The number of nitrogens with zero attached hydrogens (tertiary/aromatic N) is 7. The molecule has 2 saturated heterocycles. The summed E-state index contributed by atoms with van der Waals surface area (Å²) in [7, 11) is -3.20. The Morgan fingerprint density at radius 3 is 2.46 bits per heavy atom. The van der Waals surface area contributed by atoms with Crippen LogP contribution in [0.3, 0.4) is 0 Å². The van der Waals surface area contributed by atoms with Crippen molar-refractivity contribution in [1.82, 2.24) is 24.2 Å². The Labute approximate surface area is 207 Å². The first-order valence-corrected chi connectivity index (χ1v) is 14.5. The molecular formula is C24H35N7O3S. The molecule has 10 nitrogen and oxygen atoms in total. The highest BCUT2D eigenvalue weighted by Gasteiger charge is 2.31. The molecule has 2 aromatic heterocycles. The molecule has 0 aromatic carbocycles. The van der Waals surface area contributed by atoms with Gasteiger partial charge in [0.1, 0.15) is 0 Å². The molecule has 190 valence electrons. The molecule has 0 amide bonds. The molecule has 2 fully saturated rings. The predicted molar refractivity (Wildman–Crippen MR) is 134 cm³/mol. The fraction of sp³-hybridized carbons (Fsp3) is 0.667. The number of sulfonamides is 1. The molecule has 0 bridgehead atoms. The minimum absolute atomic E-state index is 0.245. The van der Waals surface area contributed by atoms with Crippen molar-refractivity contribution < 1.29 is 13.2 Å². The van der Waals surface area contributed by atoms with Gasteiger partial charge in [-0.25, -0.2) is 28.4 Å². The molecule has 11 heteroatoms. The maximum Gasteiger partial charge on any atom is 0.225 e. The molecular weight excluding hydrogens is 466 g/mol. The normalized spacial score (nSPS) is 21.9. The maximum absolute atomic E-state index is 11.9. The fourth-order valence-corrected chi connectivity index (χ4v) is 5.93. The summed E-state index contributed by atoms with van der Waals surface area (Å²) in [4.78, 5) is 23.0. The molecule has 0 radical (unpaired) electrons. The summed E-state index contributed by atoms with van der Waals surface area (Å²) in [5, 5.41) is 0. The molecule has 2 aromatic rings. The van der Waals surface area contributed by atoms with E-state index >= 15 is 0 Å². The highest BCUT2D eigenvalue weighted by molar-refractivity contribution is 7.88. The van der Waals surface area contributed by atoms with E-state index in [0.29, 0.717) is 26.1 Å². The molecule has 0 N–H and O–H groups in total. The van der Waals surface area contributed by atoms with E-state index in [4.69, 9.17) is 9.72 Å². The van der Waals surface area contributed by atoms with Gasteiger partial charge in [-0.3, -0.25) is 0 Å². The molecule has 35 heavy (non-hydrogen) atoms. The molecule has 0 unspecified atom stereocenters. The van der Waals surface area contributed by atoms with Crippen LogP contribution < -0.4 is 9.80 Å². The number of anilines is 2. The van der Waals surface area contributed by atoms with Crippen LogP contribution in [-0.2, 0) is 34.1 Å². The van der Waals surface area contributed by atoms with E-state index < -0.39 is 10.0 Å². The Kier molecular flexibility index (Phi) is 7.17. The van der Waals surface area contributed by atoms with Crippen LogP contribution in [0.2, 0.25) is 0 Å². The summed E-state index contributed by atoms with van der Waals surface area (Å²) >= 11 is 0. The second kappa shape index (κ2) is 10.3. The average molecular weight is 502 g/mol. The number of aryl methyl sites for hydroxylation is 1. The second-order valence-corrected chi connectivity index (χ2v) is 11.7. The van der Waals surface area contributed by atoms with Crippen molar-refractivity contribution in [2.24, 2.45) is 0 Å². The van der Waals surface area contributed by atoms with Crippen LogP contribution in [0.25, 0.3) is 0 Å². The maximum atomic E-state index is 11.9. The van der Waals surface area contributed by atoms with Gasteiger partial charge in [0.05, 0.1) is 30.7 Å². The van der Waals surface area contributed by atoms with Crippen molar-refractivity contribution in [2.45, 2.75) is 64.1 Å². The van der Waals surface area contributed by atoms with Crippen molar-refractivity contribution >= 4 is 21.9 Å². The predicted octanol–water partition coefficient (Wildman–Crippen LogP) is 1.80. The number of hydrogen-bond acceptors (Lipinski definition) is 9. The molecule has 0 aliphatic carbocycles. The Hall–Kier alpha value is -2.37. The fourth-order valence-electron chi connectivity index (χ4n) is 5.14. The molecule has 5 rings (SSSR count). The molecule has 0 saturated carbocycles. The van der Waals surface area contributed by atoms with Gasteiger partial charge in [0.15, 0.2) is 0 Å². The zero-order chi connectivity index (χ0) is 24.4. The summed E-state index contributed by atoms with van der Waals surface area (Å²) in [6, 6.07) is 0.270. The third-order valence-electron chi connectivity index (χ3n) is 7.34. The lowest BCUT2D eigenvalue weighted by Crippen LogP contribution is -2.41. The third kappa shape index (κ3) is 5.57. The minimum atomic E-state index is -3.20. The summed E-state index contributed by atoms with van der Waals surface area (Å²) in [5.41, 5.74) is 3.02. The molecule has 3 aliphatic rings. The lowest BCUT2D eigenvalue weighted by Gasteiger charge is -2.33. The number of fused-ring (bicyclic) bond motifs is 1. The van der Waals surface area contributed by atoms with Gasteiger partial charge in [-0.1, -0.05) is 6.92 Å². The van der Waals surface area contributed by atoms with Crippen LogP contribution in [0.1, 0.15) is 49.4 Å². The van der Waals surface area contributed by atoms with Crippen LogP contribution in [0.5, 0.6) is 0 Å². The Morgan fingerprint density at radius 1 is 1.00 bits per heavy atom. The topological polar surface area (TPSA) is 105 Å². The van der Waals surface area contributed by atoms with Crippen molar-refractivity contribution in [3.8, 4) is 0 Å². The van der Waals surface area contributed by atoms with Crippen molar-refractivity contribution in [3.63, 3.8) is 0 Å². The second-order valence-electron chi connectivity index (χ2n) is 9.74.